The molecule has 9 nitrogen and oxygen atoms in total. The van der Waals surface area contributed by atoms with Crippen LogP contribution in [0.3, 0.4) is 0 Å². The summed E-state index contributed by atoms with van der Waals surface area (Å²) in [5, 5.41) is 16.4. The molecule has 1 amide bonds. The molecule has 0 aromatic heterocycles. The van der Waals surface area contributed by atoms with Crippen molar-refractivity contribution in [3.05, 3.63) is 40.7 Å². The Kier molecular flexibility index (Phi) is 7.35. The lowest BCUT2D eigenvalue weighted by Gasteiger charge is -2.35. The Morgan fingerprint density at radius 1 is 1.23 bits per heavy atom. The molecule has 0 spiro atoms. The molecule has 1 saturated heterocycles. The Balaban J connectivity index is 1.85. The van der Waals surface area contributed by atoms with Crippen molar-refractivity contribution in [2.75, 3.05) is 31.5 Å². The quantitative estimate of drug-likeness (QED) is 0.328. The van der Waals surface area contributed by atoms with Crippen LogP contribution in [0.25, 0.3) is 0 Å². The molecule has 2 aliphatic rings. The number of ether oxygens (including phenoxy) is 1. The van der Waals surface area contributed by atoms with E-state index in [0.29, 0.717) is 29.5 Å². The van der Waals surface area contributed by atoms with Crippen LogP contribution < -0.4 is 10.5 Å². The zero-order chi connectivity index (χ0) is 21.7. The lowest BCUT2D eigenvalue weighted by molar-refractivity contribution is -0.117. The molecule has 0 radical (unpaired) electrons. The Morgan fingerprint density at radius 2 is 1.90 bits per heavy atom. The highest BCUT2D eigenvalue weighted by atomic mass is 35.5. The maximum atomic E-state index is 13.1. The number of nitrogens with two attached hydrogens (primary N) is 1. The van der Waals surface area contributed by atoms with Crippen molar-refractivity contribution in [1.82, 2.24) is 9.21 Å². The number of anilines is 1. The number of benzene rings is 1. The monoisotopic (exact) mass is 455 g/mol. The second-order valence-electron chi connectivity index (χ2n) is 7.28. The third-order valence-electron chi connectivity index (χ3n) is 5.18. The number of carbonyl (C=O) groups is 1. The number of piperazine rings is 1. The SMILES string of the molecule is N=C/C(=C(/OC1CCCC1)C(=O)Nc1cccc(Cl)c1)N1CCN(S(N)(=O)=O)CC1. The van der Waals surface area contributed by atoms with Gasteiger partial charge in [0.05, 0.1) is 6.10 Å². The van der Waals surface area contributed by atoms with Crippen molar-refractivity contribution < 1.29 is 17.9 Å². The molecule has 11 heteroatoms. The Bertz CT molecular complexity index is 923. The molecule has 1 heterocycles. The Hall–Kier alpha value is -2.14. The van der Waals surface area contributed by atoms with Gasteiger partial charge in [-0.25, -0.2) is 5.14 Å². The topological polar surface area (TPSA) is 129 Å². The molecule has 1 aliphatic carbocycles. The van der Waals surface area contributed by atoms with E-state index in [1.54, 1.807) is 29.2 Å². The molecular weight excluding hydrogens is 430 g/mol. The fourth-order valence-corrected chi connectivity index (χ4v) is 4.50. The summed E-state index contributed by atoms with van der Waals surface area (Å²) < 4.78 is 30.4. The van der Waals surface area contributed by atoms with E-state index in [1.165, 1.54) is 4.31 Å². The van der Waals surface area contributed by atoms with Gasteiger partial charge in [-0.3, -0.25) is 4.79 Å². The first-order valence-electron chi connectivity index (χ1n) is 9.79. The van der Waals surface area contributed by atoms with Gasteiger partial charge in [0.1, 0.15) is 5.70 Å². The molecule has 1 saturated carbocycles. The van der Waals surface area contributed by atoms with E-state index in [-0.39, 0.29) is 25.0 Å². The molecule has 30 heavy (non-hydrogen) atoms. The molecule has 0 atom stereocenters. The summed E-state index contributed by atoms with van der Waals surface area (Å²) in [4.78, 5) is 14.9. The van der Waals surface area contributed by atoms with E-state index >= 15 is 0 Å². The highest BCUT2D eigenvalue weighted by Gasteiger charge is 2.30. The van der Waals surface area contributed by atoms with E-state index in [4.69, 9.17) is 26.9 Å². The maximum absolute atomic E-state index is 13.1. The van der Waals surface area contributed by atoms with Crippen molar-refractivity contribution in [3.8, 4) is 0 Å². The number of allylic oxidation sites excluding steroid dienone is 1. The van der Waals surface area contributed by atoms with Gasteiger partial charge in [-0.1, -0.05) is 17.7 Å². The van der Waals surface area contributed by atoms with Crippen LogP contribution in [0, 0.1) is 5.41 Å². The molecule has 164 valence electrons. The molecule has 2 fully saturated rings. The van der Waals surface area contributed by atoms with Crippen molar-refractivity contribution in [3.63, 3.8) is 0 Å². The minimum atomic E-state index is -3.77. The molecule has 0 bridgehead atoms. The van der Waals surface area contributed by atoms with Gasteiger partial charge >= 0.3 is 0 Å². The van der Waals surface area contributed by atoms with Crippen LogP contribution in [0.15, 0.2) is 35.7 Å². The summed E-state index contributed by atoms with van der Waals surface area (Å²) in [7, 11) is -3.77. The number of rotatable bonds is 7. The van der Waals surface area contributed by atoms with E-state index in [9.17, 15) is 13.2 Å². The first-order chi connectivity index (χ1) is 14.3. The molecule has 0 unspecified atom stereocenters. The predicted octanol–water partition coefficient (Wildman–Crippen LogP) is 1.92. The van der Waals surface area contributed by atoms with Crippen molar-refractivity contribution in [2.24, 2.45) is 5.14 Å². The molecule has 1 aromatic rings. The third-order valence-corrected chi connectivity index (χ3v) is 6.50. The largest absolute Gasteiger partial charge is 0.483 e. The van der Waals surface area contributed by atoms with Crippen molar-refractivity contribution in [1.29, 1.82) is 5.41 Å². The standard InChI is InChI=1S/C19H26ClN5O4S/c20-14-4-3-5-15(12-14)23-19(26)18(29-16-6-1-2-7-16)17(13-21)24-8-10-25(11-9-24)30(22,27)28/h3-5,12-13,16,21H,1-2,6-11H2,(H,23,26)(H2,22,27,28)/b18-17-,21-13?. The van der Waals surface area contributed by atoms with Gasteiger partial charge in [-0.2, -0.15) is 12.7 Å². The Labute approximate surface area is 181 Å². The highest BCUT2D eigenvalue weighted by Crippen LogP contribution is 2.26. The summed E-state index contributed by atoms with van der Waals surface area (Å²) in [6, 6.07) is 6.77. The average molecular weight is 456 g/mol. The van der Waals surface area contributed by atoms with Gasteiger partial charge in [0.15, 0.2) is 0 Å². The zero-order valence-electron chi connectivity index (χ0n) is 16.5. The molecule has 1 aromatic carbocycles. The minimum Gasteiger partial charge on any atom is -0.483 e. The van der Waals surface area contributed by atoms with Crippen LogP contribution in [0.5, 0.6) is 0 Å². The van der Waals surface area contributed by atoms with Gasteiger partial charge in [-0.15, -0.1) is 0 Å². The molecule has 3 rings (SSSR count). The van der Waals surface area contributed by atoms with Gasteiger partial charge in [0, 0.05) is 43.1 Å². The number of hydrogen-bond acceptors (Lipinski definition) is 6. The number of nitrogens with zero attached hydrogens (tertiary/aromatic N) is 2. The second kappa shape index (κ2) is 9.78. The van der Waals surface area contributed by atoms with Crippen molar-refractivity contribution >= 4 is 39.6 Å². The molecule has 4 N–H and O–H groups in total. The third kappa shape index (κ3) is 5.72. The lowest BCUT2D eigenvalue weighted by Crippen LogP contribution is -2.50. The van der Waals surface area contributed by atoms with E-state index in [1.807, 2.05) is 0 Å². The van der Waals surface area contributed by atoms with E-state index < -0.39 is 16.1 Å². The summed E-state index contributed by atoms with van der Waals surface area (Å²) in [6.07, 6.45) is 4.73. The summed E-state index contributed by atoms with van der Waals surface area (Å²) in [5.74, 6) is -0.419. The van der Waals surface area contributed by atoms with Gasteiger partial charge in [-0.05, 0) is 43.9 Å². The fourth-order valence-electron chi connectivity index (χ4n) is 3.64. The zero-order valence-corrected chi connectivity index (χ0v) is 18.1. The number of nitrogens with one attached hydrogen (secondary N) is 2. The number of halogens is 1. The summed E-state index contributed by atoms with van der Waals surface area (Å²) in [5.41, 5.74) is 0.832. The van der Waals surface area contributed by atoms with Crippen molar-refractivity contribution in [2.45, 2.75) is 31.8 Å². The maximum Gasteiger partial charge on any atom is 0.293 e. The summed E-state index contributed by atoms with van der Waals surface area (Å²) in [6.45, 7) is 0.928. The average Bonchev–Trinajstić information content (AvgIpc) is 3.21. The van der Waals surface area contributed by atoms with Crippen LogP contribution in [-0.2, 0) is 19.7 Å². The van der Waals surface area contributed by atoms with Gasteiger partial charge in [0.2, 0.25) is 5.76 Å². The van der Waals surface area contributed by atoms with Crippen LogP contribution in [0.2, 0.25) is 5.02 Å². The second-order valence-corrected chi connectivity index (χ2v) is 9.26. The first kappa shape index (κ1) is 22.5. The van der Waals surface area contributed by atoms with E-state index in [0.717, 1.165) is 31.9 Å². The molecule has 1 aliphatic heterocycles. The van der Waals surface area contributed by atoms with Crippen LogP contribution >= 0.6 is 11.6 Å². The summed E-state index contributed by atoms with van der Waals surface area (Å²) >= 11 is 6.00. The van der Waals surface area contributed by atoms with Crippen LogP contribution in [0.4, 0.5) is 5.69 Å². The first-order valence-corrected chi connectivity index (χ1v) is 11.7. The van der Waals surface area contributed by atoms with Crippen LogP contribution in [-0.4, -0.2) is 62.0 Å². The fraction of sp³-hybridized carbons (Fsp3) is 0.474. The smallest absolute Gasteiger partial charge is 0.293 e. The molecular formula is C19H26ClN5O4S. The van der Waals surface area contributed by atoms with Gasteiger partial charge in [0.25, 0.3) is 16.1 Å². The van der Waals surface area contributed by atoms with E-state index in [2.05, 4.69) is 5.32 Å². The van der Waals surface area contributed by atoms with Crippen LogP contribution in [0.1, 0.15) is 25.7 Å². The normalized spacial score (nSPS) is 19.3. The lowest BCUT2D eigenvalue weighted by atomic mass is 10.2. The predicted molar refractivity (Wildman–Crippen MR) is 115 cm³/mol. The highest BCUT2D eigenvalue weighted by molar-refractivity contribution is 7.86. The minimum absolute atomic E-state index is 0.0564. The van der Waals surface area contributed by atoms with Gasteiger partial charge < -0.3 is 20.4 Å². The number of hydrogen-bond donors (Lipinski definition) is 3. The number of carbonyl (C=O) groups excluding carboxylic acids is 1. The number of amides is 1. The Morgan fingerprint density at radius 3 is 2.47 bits per heavy atom.